The Morgan fingerprint density at radius 2 is 2.05 bits per heavy atom. The molecule has 5 heteroatoms. The average molecular weight is 275 g/mol. The number of carbonyl (C=O) groups is 1. The molecule has 0 radical (unpaired) electrons. The van der Waals surface area contributed by atoms with E-state index in [1.54, 1.807) is 24.3 Å². The van der Waals surface area contributed by atoms with Crippen molar-refractivity contribution in [2.45, 2.75) is 13.2 Å². The van der Waals surface area contributed by atoms with Crippen LogP contribution in [0.5, 0.6) is 5.75 Å². The SMILES string of the molecule is NC(=O)c1ccc(F)c(COc2cccc(CO)c2)c1. The first-order chi connectivity index (χ1) is 9.60. The number of halogens is 1. The maximum atomic E-state index is 13.6. The van der Waals surface area contributed by atoms with Crippen LogP contribution >= 0.6 is 0 Å². The minimum absolute atomic E-state index is 0.0260. The average Bonchev–Trinajstić information content (AvgIpc) is 2.46. The zero-order valence-electron chi connectivity index (χ0n) is 10.7. The lowest BCUT2D eigenvalue weighted by Gasteiger charge is -2.09. The summed E-state index contributed by atoms with van der Waals surface area (Å²) in [7, 11) is 0. The summed E-state index contributed by atoms with van der Waals surface area (Å²) in [5.74, 6) is -0.567. The van der Waals surface area contributed by atoms with Gasteiger partial charge >= 0.3 is 0 Å². The molecule has 0 spiro atoms. The lowest BCUT2D eigenvalue weighted by atomic mass is 10.1. The van der Waals surface area contributed by atoms with Crippen LogP contribution in [-0.4, -0.2) is 11.0 Å². The first-order valence-electron chi connectivity index (χ1n) is 6.01. The Morgan fingerprint density at radius 3 is 2.75 bits per heavy atom. The molecule has 0 atom stereocenters. The van der Waals surface area contributed by atoms with Crippen molar-refractivity contribution in [2.24, 2.45) is 5.73 Å². The van der Waals surface area contributed by atoms with Crippen LogP contribution in [0.3, 0.4) is 0 Å². The number of benzene rings is 2. The standard InChI is InChI=1S/C15H14FNO3/c16-14-5-4-11(15(17)19)7-12(14)9-20-13-3-1-2-10(6-13)8-18/h1-7,18H,8-9H2,(H2,17,19). The summed E-state index contributed by atoms with van der Waals surface area (Å²) in [6.45, 7) is -0.120. The van der Waals surface area contributed by atoms with Gasteiger partial charge in [-0.1, -0.05) is 12.1 Å². The molecule has 0 saturated heterocycles. The molecule has 0 aliphatic rings. The van der Waals surface area contributed by atoms with E-state index in [4.69, 9.17) is 15.6 Å². The summed E-state index contributed by atoms with van der Waals surface area (Å²) in [5.41, 5.74) is 6.33. The van der Waals surface area contributed by atoms with Crippen molar-refractivity contribution in [1.82, 2.24) is 0 Å². The van der Waals surface area contributed by atoms with E-state index in [2.05, 4.69) is 0 Å². The second kappa shape index (κ2) is 6.16. The Morgan fingerprint density at radius 1 is 1.25 bits per heavy atom. The predicted molar refractivity (Wildman–Crippen MR) is 71.6 cm³/mol. The van der Waals surface area contributed by atoms with Crippen LogP contribution in [0.2, 0.25) is 0 Å². The van der Waals surface area contributed by atoms with Crippen LogP contribution < -0.4 is 10.5 Å². The van der Waals surface area contributed by atoms with Crippen molar-refractivity contribution >= 4 is 5.91 Å². The number of rotatable bonds is 5. The number of amides is 1. The lowest BCUT2D eigenvalue weighted by molar-refractivity contribution is 0.1000. The normalized spacial score (nSPS) is 10.3. The van der Waals surface area contributed by atoms with Gasteiger partial charge in [-0.3, -0.25) is 4.79 Å². The monoisotopic (exact) mass is 275 g/mol. The van der Waals surface area contributed by atoms with Crippen molar-refractivity contribution in [3.63, 3.8) is 0 Å². The van der Waals surface area contributed by atoms with Gasteiger partial charge in [-0.25, -0.2) is 4.39 Å². The topological polar surface area (TPSA) is 72.6 Å². The summed E-state index contributed by atoms with van der Waals surface area (Å²) >= 11 is 0. The van der Waals surface area contributed by atoms with E-state index >= 15 is 0 Å². The molecule has 0 aliphatic carbocycles. The van der Waals surface area contributed by atoms with Gasteiger partial charge in [-0.2, -0.15) is 0 Å². The van der Waals surface area contributed by atoms with Gasteiger partial charge in [0.25, 0.3) is 0 Å². The largest absolute Gasteiger partial charge is 0.489 e. The lowest BCUT2D eigenvalue weighted by Crippen LogP contribution is -2.12. The van der Waals surface area contributed by atoms with Gasteiger partial charge in [0.2, 0.25) is 5.91 Å². The number of carbonyl (C=O) groups excluding carboxylic acids is 1. The number of hydrogen-bond donors (Lipinski definition) is 2. The highest BCUT2D eigenvalue weighted by atomic mass is 19.1. The fraction of sp³-hybridized carbons (Fsp3) is 0.133. The molecule has 104 valence electrons. The van der Waals surface area contributed by atoms with Gasteiger partial charge in [0, 0.05) is 11.1 Å². The van der Waals surface area contributed by atoms with Crippen LogP contribution in [0.25, 0.3) is 0 Å². The number of primary amides is 1. The van der Waals surface area contributed by atoms with E-state index in [1.165, 1.54) is 18.2 Å². The minimum Gasteiger partial charge on any atom is -0.489 e. The van der Waals surface area contributed by atoms with E-state index in [0.717, 1.165) is 0 Å². The van der Waals surface area contributed by atoms with E-state index in [-0.39, 0.29) is 24.3 Å². The van der Waals surface area contributed by atoms with E-state index in [9.17, 15) is 9.18 Å². The molecule has 1 amide bonds. The number of hydrogen-bond acceptors (Lipinski definition) is 3. The summed E-state index contributed by atoms with van der Waals surface area (Å²) in [4.78, 5) is 11.1. The van der Waals surface area contributed by atoms with Crippen molar-refractivity contribution in [3.8, 4) is 5.75 Å². The zero-order chi connectivity index (χ0) is 14.5. The van der Waals surface area contributed by atoms with Crippen molar-refractivity contribution in [2.75, 3.05) is 0 Å². The van der Waals surface area contributed by atoms with E-state index in [1.807, 2.05) is 0 Å². The smallest absolute Gasteiger partial charge is 0.248 e. The third-order valence-electron chi connectivity index (χ3n) is 2.81. The van der Waals surface area contributed by atoms with Gasteiger partial charge in [0.1, 0.15) is 18.2 Å². The Balaban J connectivity index is 2.13. The molecule has 2 aromatic rings. The van der Waals surface area contributed by atoms with Crippen molar-refractivity contribution in [3.05, 3.63) is 65.0 Å². The first kappa shape index (κ1) is 14.0. The fourth-order valence-electron chi connectivity index (χ4n) is 1.73. The molecule has 0 saturated carbocycles. The second-order valence-electron chi connectivity index (χ2n) is 4.26. The Labute approximate surface area is 115 Å². The summed E-state index contributed by atoms with van der Waals surface area (Å²) in [5, 5.41) is 9.02. The fourth-order valence-corrected chi connectivity index (χ4v) is 1.73. The van der Waals surface area contributed by atoms with E-state index < -0.39 is 11.7 Å². The molecule has 2 aromatic carbocycles. The molecule has 4 nitrogen and oxygen atoms in total. The highest BCUT2D eigenvalue weighted by Gasteiger charge is 2.08. The van der Waals surface area contributed by atoms with Crippen LogP contribution in [0.1, 0.15) is 21.5 Å². The summed E-state index contributed by atoms with van der Waals surface area (Å²) in [6.07, 6.45) is 0. The van der Waals surface area contributed by atoms with Gasteiger partial charge in [-0.05, 0) is 35.9 Å². The molecule has 2 rings (SSSR count). The third kappa shape index (κ3) is 3.33. The molecule has 0 aliphatic heterocycles. The Kier molecular flexibility index (Phi) is 4.32. The Hall–Kier alpha value is -2.40. The van der Waals surface area contributed by atoms with Crippen LogP contribution in [0, 0.1) is 5.82 Å². The zero-order valence-corrected chi connectivity index (χ0v) is 10.7. The molecule has 0 fully saturated rings. The van der Waals surface area contributed by atoms with Gasteiger partial charge in [-0.15, -0.1) is 0 Å². The molecular formula is C15H14FNO3. The molecule has 0 unspecified atom stereocenters. The molecule has 0 bridgehead atoms. The predicted octanol–water partition coefficient (Wildman–Crippen LogP) is 2.00. The van der Waals surface area contributed by atoms with Crippen molar-refractivity contribution < 1.29 is 19.0 Å². The number of nitrogens with two attached hydrogens (primary N) is 1. The first-order valence-corrected chi connectivity index (χ1v) is 6.01. The van der Waals surface area contributed by atoms with Gasteiger partial charge in [0.05, 0.1) is 6.61 Å². The molecular weight excluding hydrogens is 261 g/mol. The second-order valence-corrected chi connectivity index (χ2v) is 4.26. The molecule has 0 aromatic heterocycles. The van der Waals surface area contributed by atoms with Crippen molar-refractivity contribution in [1.29, 1.82) is 0 Å². The minimum atomic E-state index is -0.617. The Bertz CT molecular complexity index is 628. The summed E-state index contributed by atoms with van der Waals surface area (Å²) < 4.78 is 19.1. The van der Waals surface area contributed by atoms with Crippen LogP contribution in [0.4, 0.5) is 4.39 Å². The highest BCUT2D eigenvalue weighted by molar-refractivity contribution is 5.92. The number of aliphatic hydroxyl groups is 1. The van der Waals surface area contributed by atoms with Crippen LogP contribution in [-0.2, 0) is 13.2 Å². The van der Waals surface area contributed by atoms with Gasteiger partial charge < -0.3 is 15.6 Å². The third-order valence-corrected chi connectivity index (χ3v) is 2.81. The molecule has 20 heavy (non-hydrogen) atoms. The van der Waals surface area contributed by atoms with Gasteiger partial charge in [0.15, 0.2) is 0 Å². The number of aliphatic hydroxyl groups excluding tert-OH is 1. The highest BCUT2D eigenvalue weighted by Crippen LogP contribution is 2.17. The molecule has 3 N–H and O–H groups in total. The van der Waals surface area contributed by atoms with Crippen LogP contribution in [0.15, 0.2) is 42.5 Å². The quantitative estimate of drug-likeness (QED) is 0.876. The number of ether oxygens (including phenoxy) is 1. The molecule has 0 heterocycles. The summed E-state index contributed by atoms with van der Waals surface area (Å²) in [6, 6.07) is 10.7. The maximum Gasteiger partial charge on any atom is 0.248 e. The maximum absolute atomic E-state index is 13.6. The van der Waals surface area contributed by atoms with E-state index in [0.29, 0.717) is 11.3 Å².